The van der Waals surface area contributed by atoms with Crippen molar-refractivity contribution in [2.45, 2.75) is 82.1 Å². The van der Waals surface area contributed by atoms with E-state index in [0.29, 0.717) is 36.1 Å². The van der Waals surface area contributed by atoms with E-state index in [4.69, 9.17) is 14.2 Å². The predicted molar refractivity (Wildman–Crippen MR) is 199 cm³/mol. The van der Waals surface area contributed by atoms with Crippen LogP contribution in [-0.2, 0) is 21.6 Å². The molecule has 1 saturated carbocycles. The minimum absolute atomic E-state index is 0. The van der Waals surface area contributed by atoms with Crippen molar-refractivity contribution in [1.82, 2.24) is 5.32 Å². The van der Waals surface area contributed by atoms with Gasteiger partial charge < -0.3 is 61.6 Å². The molecule has 5 N–H and O–H groups in total. The van der Waals surface area contributed by atoms with Crippen molar-refractivity contribution in [1.29, 1.82) is 0 Å². The molecular formula is C42H56BrN3O7. The normalized spacial score (nSPS) is 24.6. The number of hydrogen-bond acceptors (Lipinski definition) is 8. The average Bonchev–Trinajstić information content (AvgIpc) is 3.72. The van der Waals surface area contributed by atoms with Gasteiger partial charge in [-0.1, -0.05) is 55.3 Å². The summed E-state index contributed by atoms with van der Waals surface area (Å²) >= 11 is 0. The summed E-state index contributed by atoms with van der Waals surface area (Å²) in [6, 6.07) is 21.4. The first kappa shape index (κ1) is 39.5. The second kappa shape index (κ2) is 17.5. The van der Waals surface area contributed by atoms with Crippen molar-refractivity contribution in [2.75, 3.05) is 57.9 Å². The van der Waals surface area contributed by atoms with Crippen LogP contribution in [0.5, 0.6) is 17.2 Å². The molecule has 1 aliphatic carbocycles. The lowest BCUT2D eigenvalue weighted by Gasteiger charge is -2.53. The number of quaternary nitrogens is 1. The number of nitrogens with one attached hydrogen (secondary N) is 2. The van der Waals surface area contributed by atoms with Gasteiger partial charge in [-0.3, -0.25) is 4.79 Å². The lowest BCUT2D eigenvalue weighted by Crippen LogP contribution is -3.00. The summed E-state index contributed by atoms with van der Waals surface area (Å²) in [5.41, 5.74) is 2.04. The van der Waals surface area contributed by atoms with E-state index in [1.165, 1.54) is 50.9 Å². The predicted octanol–water partition coefficient (Wildman–Crippen LogP) is 2.45. The number of carbonyl (C=O) groups excluding carboxylic acids is 1. The number of aromatic hydroxyl groups is 1. The molecule has 3 aromatic rings. The Morgan fingerprint density at radius 2 is 1.77 bits per heavy atom. The van der Waals surface area contributed by atoms with Gasteiger partial charge in [-0.2, -0.15) is 0 Å². The second-order valence-electron chi connectivity index (χ2n) is 15.8. The number of fused-ring (bicyclic) bond motifs is 4. The van der Waals surface area contributed by atoms with Crippen LogP contribution in [0.25, 0.3) is 0 Å². The Kier molecular flexibility index (Phi) is 13.1. The minimum Gasteiger partial charge on any atom is -1.00 e. The summed E-state index contributed by atoms with van der Waals surface area (Å²) in [4.78, 5) is 11.7. The number of nitrogens with zero attached hydrogens (tertiary/aromatic N) is 1. The number of phenolic OH excluding ortho intramolecular Hbond substituents is 1. The Morgan fingerprint density at radius 3 is 2.51 bits per heavy atom. The lowest BCUT2D eigenvalue weighted by molar-refractivity contribution is -0.946. The minimum atomic E-state index is -0.921. The van der Waals surface area contributed by atoms with Gasteiger partial charge in [0, 0.05) is 49.4 Å². The van der Waals surface area contributed by atoms with Crippen LogP contribution in [0.4, 0.5) is 5.69 Å². The third kappa shape index (κ3) is 9.37. The highest BCUT2D eigenvalue weighted by atomic mass is 79.9. The van der Waals surface area contributed by atoms with E-state index in [0.717, 1.165) is 60.1 Å². The molecule has 0 aromatic heterocycles. The molecule has 11 heteroatoms. The number of aliphatic hydroxyl groups excluding tert-OH is 1. The summed E-state index contributed by atoms with van der Waals surface area (Å²) in [6.07, 6.45) is 7.92. The third-order valence-corrected chi connectivity index (χ3v) is 12.1. The van der Waals surface area contributed by atoms with Crippen molar-refractivity contribution < 1.29 is 55.8 Å². The van der Waals surface area contributed by atoms with Crippen LogP contribution in [-0.4, -0.2) is 90.4 Å². The van der Waals surface area contributed by atoms with Crippen molar-refractivity contribution in [3.05, 3.63) is 83.4 Å². The first-order valence-corrected chi connectivity index (χ1v) is 19.4. The van der Waals surface area contributed by atoms with E-state index in [1.54, 1.807) is 0 Å². The third-order valence-electron chi connectivity index (χ3n) is 12.1. The summed E-state index contributed by atoms with van der Waals surface area (Å²) in [6.45, 7) is 7.78. The molecule has 4 aliphatic heterocycles. The van der Waals surface area contributed by atoms with Crippen LogP contribution in [0.15, 0.2) is 66.7 Å². The average molecular weight is 795 g/mol. The van der Waals surface area contributed by atoms with Crippen LogP contribution < -0.4 is 37.1 Å². The Morgan fingerprint density at radius 1 is 1.04 bits per heavy atom. The maximum absolute atomic E-state index is 12.0. The molecule has 0 spiro atoms. The molecule has 53 heavy (non-hydrogen) atoms. The largest absolute Gasteiger partial charge is 1.00 e. The molecule has 2 bridgehead atoms. The van der Waals surface area contributed by atoms with Gasteiger partial charge in [0.1, 0.15) is 35.5 Å². The quantitative estimate of drug-likeness (QED) is 0.111. The Balaban J connectivity index is 0.00000481. The van der Waals surface area contributed by atoms with E-state index in [9.17, 15) is 20.1 Å². The zero-order valence-electron chi connectivity index (χ0n) is 30.9. The molecule has 4 atom stereocenters. The zero-order chi connectivity index (χ0) is 36.1. The van der Waals surface area contributed by atoms with E-state index >= 15 is 0 Å². The Labute approximate surface area is 324 Å². The molecule has 5 aliphatic rings. The molecule has 4 fully saturated rings. The van der Waals surface area contributed by atoms with Crippen LogP contribution in [0, 0.1) is 11.8 Å². The van der Waals surface area contributed by atoms with Crippen LogP contribution >= 0.6 is 0 Å². The number of carbonyl (C=O) groups is 1. The maximum atomic E-state index is 12.0. The monoisotopic (exact) mass is 793 g/mol. The SMILES string of the molecule is C[C@H](Cc1ccc(OCCC[N+]23CCC(CC2)[C@@H](OC[C@@](O)(c2ccccc2)C2CCCC2)C3)cc1)NC[C@H](O)c1cc(O)cc2c1OCC(=O)N2.[Br-]. The standard InChI is InChI=1S/C42H55N3O7.BrH/c1-29(43-25-38(47)36-23-34(46)24-37-41(36)51-27-40(48)44-37)22-30-12-14-35(15-13-30)50-21-7-18-45-19-16-31(17-20-45)39(26-45)52-28-42(49,33-10-5-6-11-33)32-8-3-2-4-9-32;/h2-4,8-9,12-15,23-24,29,31,33,38-39,43,47,49H,5-7,10-11,16-22,25-28H2,1H3,(H-,44,46,48);1H/t29-,31?,38+,39+,42-,45?;/m1./s1. The topological polar surface area (TPSA) is 130 Å². The van der Waals surface area contributed by atoms with Gasteiger partial charge in [-0.25, -0.2) is 0 Å². The number of phenols is 1. The molecule has 0 radical (unpaired) electrons. The van der Waals surface area contributed by atoms with Crippen molar-refractivity contribution in [3.63, 3.8) is 0 Å². The Bertz CT molecular complexity index is 1650. The molecule has 10 nitrogen and oxygen atoms in total. The molecule has 3 aromatic carbocycles. The second-order valence-corrected chi connectivity index (χ2v) is 15.8. The van der Waals surface area contributed by atoms with E-state index in [2.05, 4.69) is 41.8 Å². The zero-order valence-corrected chi connectivity index (χ0v) is 32.4. The Hall–Kier alpha value is -3.19. The molecule has 3 saturated heterocycles. The fourth-order valence-corrected chi connectivity index (χ4v) is 9.15. The van der Waals surface area contributed by atoms with Gasteiger partial charge in [0.25, 0.3) is 5.91 Å². The number of halogens is 1. The van der Waals surface area contributed by atoms with E-state index < -0.39 is 11.7 Å². The van der Waals surface area contributed by atoms with Crippen LogP contribution in [0.1, 0.15) is 74.7 Å². The smallest absolute Gasteiger partial charge is 0.262 e. The highest BCUT2D eigenvalue weighted by Crippen LogP contribution is 2.43. The molecule has 288 valence electrons. The van der Waals surface area contributed by atoms with Gasteiger partial charge in [-0.15, -0.1) is 0 Å². The van der Waals surface area contributed by atoms with Crippen molar-refractivity contribution in [2.24, 2.45) is 11.8 Å². The number of anilines is 1. The molecule has 1 amide bonds. The van der Waals surface area contributed by atoms with Crippen LogP contribution in [0.3, 0.4) is 0 Å². The molecule has 4 heterocycles. The summed E-state index contributed by atoms with van der Waals surface area (Å²) < 4.78 is 19.6. The maximum Gasteiger partial charge on any atom is 0.262 e. The molecule has 8 rings (SSSR count). The first-order valence-electron chi connectivity index (χ1n) is 19.4. The van der Waals surface area contributed by atoms with Gasteiger partial charge in [-0.05, 0) is 61.4 Å². The number of rotatable bonds is 16. The number of amides is 1. The number of piperidine rings is 3. The first-order chi connectivity index (χ1) is 25.2. The highest BCUT2D eigenvalue weighted by molar-refractivity contribution is 5.96. The van der Waals surface area contributed by atoms with Gasteiger partial charge >= 0.3 is 0 Å². The number of ether oxygens (including phenoxy) is 3. The number of aliphatic hydroxyl groups is 2. The highest BCUT2D eigenvalue weighted by Gasteiger charge is 2.48. The van der Waals surface area contributed by atoms with Gasteiger partial charge in [0.15, 0.2) is 6.61 Å². The number of benzene rings is 3. The summed E-state index contributed by atoms with van der Waals surface area (Å²) in [5.74, 6) is 1.76. The fourth-order valence-electron chi connectivity index (χ4n) is 9.15. The van der Waals surface area contributed by atoms with E-state index in [1.807, 2.05) is 30.3 Å². The summed E-state index contributed by atoms with van der Waals surface area (Å²) in [7, 11) is 0. The van der Waals surface area contributed by atoms with Crippen molar-refractivity contribution >= 4 is 11.6 Å². The molecular weight excluding hydrogens is 738 g/mol. The van der Waals surface area contributed by atoms with E-state index in [-0.39, 0.29) is 59.9 Å². The van der Waals surface area contributed by atoms with Crippen molar-refractivity contribution in [3.8, 4) is 17.2 Å². The lowest BCUT2D eigenvalue weighted by atomic mass is 9.80. The fraction of sp³-hybridized carbons (Fsp3) is 0.548. The van der Waals surface area contributed by atoms with Crippen LogP contribution in [0.2, 0.25) is 0 Å². The van der Waals surface area contributed by atoms with Gasteiger partial charge in [0.05, 0.1) is 44.6 Å². The number of hydrogen-bond donors (Lipinski definition) is 5. The van der Waals surface area contributed by atoms with Gasteiger partial charge in [0.2, 0.25) is 0 Å². The summed E-state index contributed by atoms with van der Waals surface area (Å²) in [5, 5.41) is 39.1. The molecule has 0 unspecified atom stereocenters.